The van der Waals surface area contributed by atoms with Gasteiger partial charge in [-0.25, -0.2) is 0 Å². The van der Waals surface area contributed by atoms with Crippen molar-refractivity contribution in [1.29, 1.82) is 0 Å². The van der Waals surface area contributed by atoms with Crippen LogP contribution in [0.1, 0.15) is 44.6 Å². The average molecular weight is 286 g/mol. The Morgan fingerprint density at radius 3 is 2.62 bits per heavy atom. The van der Waals surface area contributed by atoms with Crippen LogP contribution in [0.25, 0.3) is 0 Å². The van der Waals surface area contributed by atoms with Gasteiger partial charge in [-0.2, -0.15) is 0 Å². The van der Waals surface area contributed by atoms with Gasteiger partial charge in [0, 0.05) is 12.6 Å². The summed E-state index contributed by atoms with van der Waals surface area (Å²) < 4.78 is 0. The minimum Gasteiger partial charge on any atom is -0.334 e. The van der Waals surface area contributed by atoms with Crippen LogP contribution in [0.4, 0.5) is 0 Å². The summed E-state index contributed by atoms with van der Waals surface area (Å²) in [6.45, 7) is 3.95. The van der Waals surface area contributed by atoms with E-state index in [1.165, 1.54) is 31.2 Å². The number of rotatable bonds is 5. The van der Waals surface area contributed by atoms with Crippen molar-refractivity contribution >= 4 is 5.91 Å². The third-order valence-corrected chi connectivity index (χ3v) is 4.88. The van der Waals surface area contributed by atoms with Gasteiger partial charge in [0.2, 0.25) is 5.91 Å². The number of hydrogen-bond acceptors (Lipinski definition) is 2. The van der Waals surface area contributed by atoms with E-state index in [-0.39, 0.29) is 6.04 Å². The van der Waals surface area contributed by atoms with E-state index < -0.39 is 0 Å². The fourth-order valence-electron chi connectivity index (χ4n) is 3.30. The molecule has 1 aromatic carbocycles. The van der Waals surface area contributed by atoms with Crippen molar-refractivity contribution in [3.63, 3.8) is 0 Å². The van der Waals surface area contributed by atoms with E-state index in [0.717, 1.165) is 19.5 Å². The van der Waals surface area contributed by atoms with Gasteiger partial charge in [-0.1, -0.05) is 36.8 Å². The van der Waals surface area contributed by atoms with Crippen LogP contribution in [-0.4, -0.2) is 29.4 Å². The first-order chi connectivity index (χ1) is 10.3. The Balaban J connectivity index is 1.73. The second kappa shape index (κ2) is 6.61. The van der Waals surface area contributed by atoms with Crippen molar-refractivity contribution in [3.05, 3.63) is 35.9 Å². The highest BCUT2D eigenvalue weighted by molar-refractivity contribution is 5.82. The highest BCUT2D eigenvalue weighted by atomic mass is 16.2. The summed E-state index contributed by atoms with van der Waals surface area (Å²) in [6, 6.07) is 10.8. The lowest BCUT2D eigenvalue weighted by molar-refractivity contribution is -0.137. The van der Waals surface area contributed by atoms with Gasteiger partial charge in [0.05, 0.1) is 6.04 Å². The van der Waals surface area contributed by atoms with Crippen LogP contribution in [0.2, 0.25) is 0 Å². The van der Waals surface area contributed by atoms with Crippen LogP contribution >= 0.6 is 0 Å². The topological polar surface area (TPSA) is 32.3 Å². The number of carbonyl (C=O) groups is 1. The maximum absolute atomic E-state index is 12.9. The molecule has 1 amide bonds. The lowest BCUT2D eigenvalue weighted by Crippen LogP contribution is -2.51. The molecule has 1 saturated heterocycles. The SMILES string of the molecule is CC(C1CC1)N(Cc1ccccc1)C(=O)[C@H]1CCCCN1. The van der Waals surface area contributed by atoms with Crippen LogP contribution in [0, 0.1) is 5.92 Å². The Kier molecular flexibility index (Phi) is 4.59. The maximum atomic E-state index is 12.9. The third kappa shape index (κ3) is 3.65. The number of hydrogen-bond donors (Lipinski definition) is 1. The normalized spacial score (nSPS) is 23.6. The van der Waals surface area contributed by atoms with E-state index in [2.05, 4.69) is 41.4 Å². The first-order valence-corrected chi connectivity index (χ1v) is 8.33. The molecule has 3 nitrogen and oxygen atoms in total. The molecule has 1 heterocycles. The highest BCUT2D eigenvalue weighted by Crippen LogP contribution is 2.36. The quantitative estimate of drug-likeness (QED) is 0.902. The Bertz CT molecular complexity index is 463. The van der Waals surface area contributed by atoms with Crippen LogP contribution in [0.15, 0.2) is 30.3 Å². The molecule has 0 bridgehead atoms. The summed E-state index contributed by atoms with van der Waals surface area (Å²) in [5.41, 5.74) is 1.23. The number of amides is 1. The number of benzene rings is 1. The molecule has 114 valence electrons. The summed E-state index contributed by atoms with van der Waals surface area (Å²) in [7, 11) is 0. The van der Waals surface area contributed by atoms with Gasteiger partial charge in [-0.05, 0) is 50.6 Å². The number of piperidine rings is 1. The molecule has 3 heteroatoms. The maximum Gasteiger partial charge on any atom is 0.240 e. The predicted octanol–water partition coefficient (Wildman–Crippen LogP) is 2.96. The van der Waals surface area contributed by atoms with E-state index in [4.69, 9.17) is 0 Å². The molecule has 1 aliphatic carbocycles. The monoisotopic (exact) mass is 286 g/mol. The van der Waals surface area contributed by atoms with Crippen molar-refractivity contribution in [2.75, 3.05) is 6.54 Å². The van der Waals surface area contributed by atoms with Gasteiger partial charge in [-0.3, -0.25) is 4.79 Å². The van der Waals surface area contributed by atoms with Crippen LogP contribution < -0.4 is 5.32 Å². The molecule has 21 heavy (non-hydrogen) atoms. The minimum atomic E-state index is 0.0312. The molecular weight excluding hydrogens is 260 g/mol. The zero-order valence-electron chi connectivity index (χ0n) is 12.9. The Hall–Kier alpha value is -1.35. The van der Waals surface area contributed by atoms with Crippen molar-refractivity contribution in [2.45, 2.75) is 57.7 Å². The van der Waals surface area contributed by atoms with Gasteiger partial charge in [0.15, 0.2) is 0 Å². The predicted molar refractivity (Wildman–Crippen MR) is 84.8 cm³/mol. The third-order valence-electron chi connectivity index (χ3n) is 4.88. The molecule has 3 rings (SSSR count). The lowest BCUT2D eigenvalue weighted by atomic mass is 10.0. The first-order valence-electron chi connectivity index (χ1n) is 8.33. The number of carbonyl (C=O) groups excluding carboxylic acids is 1. The van der Waals surface area contributed by atoms with E-state index >= 15 is 0 Å². The first kappa shape index (κ1) is 14.6. The molecule has 2 fully saturated rings. The summed E-state index contributed by atoms with van der Waals surface area (Å²) in [6.07, 6.45) is 5.90. The Labute approximate surface area is 127 Å². The molecule has 2 aliphatic rings. The second-order valence-electron chi connectivity index (χ2n) is 6.53. The minimum absolute atomic E-state index is 0.0312. The molecule has 0 radical (unpaired) electrons. The largest absolute Gasteiger partial charge is 0.334 e. The van der Waals surface area contributed by atoms with Crippen molar-refractivity contribution < 1.29 is 4.79 Å². The highest BCUT2D eigenvalue weighted by Gasteiger charge is 2.36. The van der Waals surface area contributed by atoms with Gasteiger partial charge >= 0.3 is 0 Å². The smallest absolute Gasteiger partial charge is 0.240 e. The van der Waals surface area contributed by atoms with Gasteiger partial charge in [0.1, 0.15) is 0 Å². The number of nitrogens with one attached hydrogen (secondary N) is 1. The van der Waals surface area contributed by atoms with Crippen LogP contribution in [-0.2, 0) is 11.3 Å². The second-order valence-corrected chi connectivity index (χ2v) is 6.53. The van der Waals surface area contributed by atoms with Crippen molar-refractivity contribution in [1.82, 2.24) is 10.2 Å². The van der Waals surface area contributed by atoms with E-state index in [9.17, 15) is 4.79 Å². The molecule has 2 atom stereocenters. The standard InChI is InChI=1S/C18H26N2O/c1-14(16-10-11-16)20(13-15-7-3-2-4-8-15)18(21)17-9-5-6-12-19-17/h2-4,7-8,14,16-17,19H,5-6,9-13H2,1H3/t14?,17-/m1/s1. The van der Waals surface area contributed by atoms with Crippen LogP contribution in [0.5, 0.6) is 0 Å². The summed E-state index contributed by atoms with van der Waals surface area (Å²) >= 11 is 0. The fourth-order valence-corrected chi connectivity index (χ4v) is 3.30. The molecule has 1 aromatic rings. The molecule has 1 saturated carbocycles. The van der Waals surface area contributed by atoms with Crippen molar-refractivity contribution in [2.24, 2.45) is 5.92 Å². The van der Waals surface area contributed by atoms with E-state index in [1.54, 1.807) is 0 Å². The van der Waals surface area contributed by atoms with E-state index in [0.29, 0.717) is 17.9 Å². The lowest BCUT2D eigenvalue weighted by Gasteiger charge is -2.34. The fraction of sp³-hybridized carbons (Fsp3) is 0.611. The molecule has 1 aliphatic heterocycles. The summed E-state index contributed by atoms with van der Waals surface area (Å²) in [4.78, 5) is 15.1. The van der Waals surface area contributed by atoms with Crippen molar-refractivity contribution in [3.8, 4) is 0 Å². The number of nitrogens with zero attached hydrogens (tertiary/aromatic N) is 1. The zero-order valence-corrected chi connectivity index (χ0v) is 12.9. The molecule has 0 spiro atoms. The van der Waals surface area contributed by atoms with Gasteiger partial charge in [0.25, 0.3) is 0 Å². The Morgan fingerprint density at radius 2 is 2.00 bits per heavy atom. The summed E-state index contributed by atoms with van der Waals surface area (Å²) in [5, 5.41) is 3.41. The molecular formula is C18H26N2O. The average Bonchev–Trinajstić information content (AvgIpc) is 3.38. The van der Waals surface area contributed by atoms with Crippen LogP contribution in [0.3, 0.4) is 0 Å². The van der Waals surface area contributed by atoms with E-state index in [1.807, 2.05) is 6.07 Å². The summed E-state index contributed by atoms with van der Waals surface area (Å²) in [5.74, 6) is 1.01. The Morgan fingerprint density at radius 1 is 1.24 bits per heavy atom. The molecule has 1 unspecified atom stereocenters. The van der Waals surface area contributed by atoms with Gasteiger partial charge < -0.3 is 10.2 Å². The zero-order chi connectivity index (χ0) is 14.7. The molecule has 0 aromatic heterocycles. The molecule has 1 N–H and O–H groups in total. The van der Waals surface area contributed by atoms with Gasteiger partial charge in [-0.15, -0.1) is 0 Å².